The largest absolute Gasteiger partial charge is 0.393 e. The van der Waals surface area contributed by atoms with Crippen molar-refractivity contribution < 1.29 is 15.3 Å². The van der Waals surface area contributed by atoms with Gasteiger partial charge in [0.2, 0.25) is 0 Å². The number of rotatable bonds is 10. The fourth-order valence-corrected chi connectivity index (χ4v) is 8.68. The van der Waals surface area contributed by atoms with Gasteiger partial charge in [-0.2, -0.15) is 0 Å². The van der Waals surface area contributed by atoms with Gasteiger partial charge in [0.25, 0.3) is 0 Å². The minimum Gasteiger partial charge on any atom is -0.393 e. The minimum absolute atomic E-state index is 0.0984. The quantitative estimate of drug-likeness (QED) is 0.201. The molecule has 0 saturated heterocycles. The van der Waals surface area contributed by atoms with Crippen LogP contribution in [0.2, 0.25) is 0 Å². The molecule has 0 spiro atoms. The lowest BCUT2D eigenvalue weighted by Crippen LogP contribution is -2.35. The van der Waals surface area contributed by atoms with E-state index in [0.29, 0.717) is 30.6 Å². The van der Waals surface area contributed by atoms with Crippen molar-refractivity contribution in [3.05, 3.63) is 83.0 Å². The molecule has 0 heterocycles. The van der Waals surface area contributed by atoms with E-state index in [0.717, 1.165) is 36.8 Å². The first-order chi connectivity index (χ1) is 19.7. The fraction of sp³-hybridized carbons (Fsp3) is 0.632. The molecule has 224 valence electrons. The Morgan fingerprint density at radius 2 is 1.78 bits per heavy atom. The molecule has 0 amide bonds. The maximum absolute atomic E-state index is 11.4. The zero-order valence-corrected chi connectivity index (χ0v) is 25.8. The first-order valence-electron chi connectivity index (χ1n) is 16.6. The van der Waals surface area contributed by atoms with E-state index in [1.807, 2.05) is 0 Å². The molecule has 7 atom stereocenters. The highest BCUT2D eigenvalue weighted by Crippen LogP contribution is 2.60. The molecule has 3 N–H and O–H groups in total. The van der Waals surface area contributed by atoms with E-state index in [2.05, 4.69) is 75.9 Å². The van der Waals surface area contributed by atoms with Crippen molar-refractivity contribution in [2.45, 2.75) is 128 Å². The van der Waals surface area contributed by atoms with E-state index < -0.39 is 18.3 Å². The van der Waals surface area contributed by atoms with Crippen molar-refractivity contribution in [1.82, 2.24) is 0 Å². The number of benzene rings is 1. The van der Waals surface area contributed by atoms with E-state index in [1.54, 1.807) is 0 Å². The van der Waals surface area contributed by atoms with Gasteiger partial charge >= 0.3 is 0 Å². The minimum atomic E-state index is -0.636. The van der Waals surface area contributed by atoms with Crippen molar-refractivity contribution in [2.75, 3.05) is 0 Å². The van der Waals surface area contributed by atoms with Crippen LogP contribution in [0.5, 0.6) is 0 Å². The number of hydrogen-bond acceptors (Lipinski definition) is 3. The molecule has 5 rings (SSSR count). The number of allylic oxidation sites excluding steroid dienone is 4. The molecular formula is C38H54O3. The van der Waals surface area contributed by atoms with Gasteiger partial charge in [-0.1, -0.05) is 94.3 Å². The molecule has 1 aromatic rings. The number of aliphatic hydroxyl groups excluding tert-OH is 3. The standard InChI is InChI=1S/C38H54O3/c1-5-6-7-9-28-12-16-31(17-13-28)38(22-23-38)36(41)20-11-26(2)33-18-19-34-29(10-8-21-37(33,34)4)14-15-30-24-32(39)25-35(40)27(30)3/h11-17,20,26,32-36,39-41H,3,5-10,18-19,21-25H2,1-2,4H3/b20-11+,29-14+,30-15-/t26-,32-,33-,34+,35+,36+,37-/m1/s1. The molecule has 0 unspecified atom stereocenters. The molecule has 4 fully saturated rings. The molecule has 4 aliphatic rings. The van der Waals surface area contributed by atoms with Crippen LogP contribution in [0.15, 0.2) is 71.9 Å². The Balaban J connectivity index is 1.24. The third kappa shape index (κ3) is 6.38. The average Bonchev–Trinajstić information content (AvgIpc) is 3.69. The van der Waals surface area contributed by atoms with Gasteiger partial charge in [0.15, 0.2) is 0 Å². The Hall–Kier alpha value is -1.94. The topological polar surface area (TPSA) is 60.7 Å². The predicted molar refractivity (Wildman–Crippen MR) is 170 cm³/mol. The normalized spacial score (nSPS) is 34.7. The van der Waals surface area contributed by atoms with Crippen LogP contribution in [-0.2, 0) is 11.8 Å². The van der Waals surface area contributed by atoms with Crippen molar-refractivity contribution >= 4 is 0 Å². The van der Waals surface area contributed by atoms with Crippen LogP contribution >= 0.6 is 0 Å². The molecule has 41 heavy (non-hydrogen) atoms. The smallest absolute Gasteiger partial charge is 0.0817 e. The zero-order valence-electron chi connectivity index (χ0n) is 25.8. The summed E-state index contributed by atoms with van der Waals surface area (Å²) in [5.41, 5.74) is 6.17. The first-order valence-corrected chi connectivity index (χ1v) is 16.6. The summed E-state index contributed by atoms with van der Waals surface area (Å²) in [6, 6.07) is 9.10. The van der Waals surface area contributed by atoms with Gasteiger partial charge in [-0.05, 0) is 110 Å². The number of aliphatic hydroxyl groups is 3. The van der Waals surface area contributed by atoms with Crippen LogP contribution in [0.1, 0.15) is 109 Å². The molecule has 0 radical (unpaired) electrons. The highest BCUT2D eigenvalue weighted by molar-refractivity contribution is 5.39. The lowest BCUT2D eigenvalue weighted by Gasteiger charge is -2.44. The van der Waals surface area contributed by atoms with Crippen LogP contribution < -0.4 is 0 Å². The van der Waals surface area contributed by atoms with Crippen LogP contribution in [0.25, 0.3) is 0 Å². The molecule has 4 aliphatic carbocycles. The second-order valence-electron chi connectivity index (χ2n) is 14.2. The van der Waals surface area contributed by atoms with Crippen LogP contribution in [-0.4, -0.2) is 33.6 Å². The summed E-state index contributed by atoms with van der Waals surface area (Å²) in [5, 5.41) is 31.8. The molecule has 3 nitrogen and oxygen atoms in total. The van der Waals surface area contributed by atoms with Gasteiger partial charge in [0.1, 0.15) is 0 Å². The molecule has 1 aromatic carbocycles. The average molecular weight is 559 g/mol. The van der Waals surface area contributed by atoms with Gasteiger partial charge < -0.3 is 15.3 Å². The van der Waals surface area contributed by atoms with E-state index in [9.17, 15) is 15.3 Å². The SMILES string of the molecule is C=C1/C(=C\C=C2/CCC[C@]3(C)[C@@H]([C@H](C)/C=C/[C@H](O)C4(c5ccc(CCCCC)cc5)CC4)CC[C@@H]23)C[C@@H](O)C[C@@H]1O. The lowest BCUT2D eigenvalue weighted by atomic mass is 9.61. The summed E-state index contributed by atoms with van der Waals surface area (Å²) in [4.78, 5) is 0. The zero-order chi connectivity index (χ0) is 29.2. The van der Waals surface area contributed by atoms with Gasteiger partial charge in [-0.15, -0.1) is 0 Å². The Bertz CT molecular complexity index is 1150. The van der Waals surface area contributed by atoms with Crippen molar-refractivity contribution in [3.8, 4) is 0 Å². The van der Waals surface area contributed by atoms with Crippen molar-refractivity contribution in [2.24, 2.45) is 23.2 Å². The van der Waals surface area contributed by atoms with Crippen LogP contribution in [0.4, 0.5) is 0 Å². The summed E-state index contributed by atoms with van der Waals surface area (Å²) < 4.78 is 0. The Labute approximate surface area is 249 Å². The molecule has 4 saturated carbocycles. The van der Waals surface area contributed by atoms with Crippen LogP contribution in [0.3, 0.4) is 0 Å². The summed E-state index contributed by atoms with van der Waals surface area (Å²) in [6.45, 7) is 11.2. The third-order valence-electron chi connectivity index (χ3n) is 11.5. The van der Waals surface area contributed by atoms with Gasteiger partial charge in [-0.3, -0.25) is 0 Å². The predicted octanol–water partition coefficient (Wildman–Crippen LogP) is 8.15. The number of hydrogen-bond donors (Lipinski definition) is 3. The van der Waals surface area contributed by atoms with Crippen LogP contribution in [0, 0.1) is 23.2 Å². The first kappa shape index (κ1) is 30.5. The van der Waals surface area contributed by atoms with Gasteiger partial charge in [-0.25, -0.2) is 0 Å². The van der Waals surface area contributed by atoms with E-state index in [4.69, 9.17) is 0 Å². The van der Waals surface area contributed by atoms with Gasteiger partial charge in [0, 0.05) is 11.8 Å². The Kier molecular flexibility index (Phi) is 9.48. The Morgan fingerprint density at radius 1 is 1.02 bits per heavy atom. The van der Waals surface area contributed by atoms with E-state index >= 15 is 0 Å². The third-order valence-corrected chi connectivity index (χ3v) is 11.5. The number of aryl methyl sites for hydroxylation is 1. The number of fused-ring (bicyclic) bond motifs is 1. The summed E-state index contributed by atoms with van der Waals surface area (Å²) in [6.07, 6.45) is 21.4. The van der Waals surface area contributed by atoms with E-state index in [-0.39, 0.29) is 10.8 Å². The number of unbranched alkanes of at least 4 members (excludes halogenated alkanes) is 2. The molecular weight excluding hydrogens is 504 g/mol. The highest BCUT2D eigenvalue weighted by atomic mass is 16.3. The Morgan fingerprint density at radius 3 is 2.49 bits per heavy atom. The molecule has 3 heteroatoms. The summed E-state index contributed by atoms with van der Waals surface area (Å²) >= 11 is 0. The summed E-state index contributed by atoms with van der Waals surface area (Å²) in [5.74, 6) is 1.62. The maximum Gasteiger partial charge on any atom is 0.0817 e. The summed E-state index contributed by atoms with van der Waals surface area (Å²) in [7, 11) is 0. The van der Waals surface area contributed by atoms with Gasteiger partial charge in [0.05, 0.1) is 18.3 Å². The fourth-order valence-electron chi connectivity index (χ4n) is 8.68. The molecule has 0 bridgehead atoms. The lowest BCUT2D eigenvalue weighted by molar-refractivity contribution is 0.0862. The van der Waals surface area contributed by atoms with E-state index in [1.165, 1.54) is 61.6 Å². The molecule has 0 aromatic heterocycles. The molecule has 0 aliphatic heterocycles. The maximum atomic E-state index is 11.4. The van der Waals surface area contributed by atoms with Crippen molar-refractivity contribution in [3.63, 3.8) is 0 Å². The monoisotopic (exact) mass is 558 g/mol. The second kappa shape index (κ2) is 12.7. The highest BCUT2D eigenvalue weighted by Gasteiger charge is 2.51. The van der Waals surface area contributed by atoms with Crippen molar-refractivity contribution in [1.29, 1.82) is 0 Å². The second-order valence-corrected chi connectivity index (χ2v) is 14.2.